The fraction of sp³-hybridized carbons (Fsp3) is 0.0769. The molecular formula is C13H12ClN3. The second-order valence-corrected chi connectivity index (χ2v) is 4.44. The normalized spacial score (nSPS) is 17.4. The van der Waals surface area contributed by atoms with Gasteiger partial charge in [0.1, 0.15) is 0 Å². The van der Waals surface area contributed by atoms with Gasteiger partial charge in [0.25, 0.3) is 0 Å². The summed E-state index contributed by atoms with van der Waals surface area (Å²) in [5.74, 6) is 0. The monoisotopic (exact) mass is 245 g/mol. The Hall–Kier alpha value is -1.71. The Morgan fingerprint density at radius 1 is 1.18 bits per heavy atom. The highest BCUT2D eigenvalue weighted by atomic mass is 35.5. The number of benzene rings is 1. The van der Waals surface area contributed by atoms with Crippen molar-refractivity contribution in [1.82, 2.24) is 10.5 Å². The zero-order valence-electron chi connectivity index (χ0n) is 9.39. The number of rotatable bonds is 1. The molecule has 0 amide bonds. The summed E-state index contributed by atoms with van der Waals surface area (Å²) in [6.07, 6.45) is 10.0. The van der Waals surface area contributed by atoms with Gasteiger partial charge in [-0.05, 0) is 36.8 Å². The van der Waals surface area contributed by atoms with Gasteiger partial charge >= 0.3 is 0 Å². The molecule has 0 bridgehead atoms. The first-order valence-electron chi connectivity index (χ1n) is 5.42. The number of nitrogens with zero attached hydrogens (tertiary/aromatic N) is 2. The Morgan fingerprint density at radius 3 is 2.82 bits per heavy atom. The first-order chi connectivity index (χ1) is 8.24. The third-order valence-electron chi connectivity index (χ3n) is 2.80. The molecule has 3 nitrogen and oxygen atoms in total. The standard InChI is InChI=1S/C13H12ClN3/c1-10-5-6-11(8-13(10)14)17-9-12-4-2-3-7-16(12)15-17/h2-9,15H,1H3. The van der Waals surface area contributed by atoms with Crippen molar-refractivity contribution in [3.8, 4) is 0 Å². The van der Waals surface area contributed by atoms with Crippen LogP contribution in [0.2, 0.25) is 5.02 Å². The number of anilines is 1. The van der Waals surface area contributed by atoms with Crippen molar-refractivity contribution in [2.45, 2.75) is 6.92 Å². The fourth-order valence-electron chi connectivity index (χ4n) is 1.79. The Kier molecular flexibility index (Phi) is 2.42. The van der Waals surface area contributed by atoms with Crippen molar-refractivity contribution in [2.24, 2.45) is 0 Å². The van der Waals surface area contributed by atoms with Crippen molar-refractivity contribution in [2.75, 3.05) is 5.01 Å². The SMILES string of the molecule is Cc1ccc(N2C=C3C=CC=CN3N2)cc1Cl. The third kappa shape index (κ3) is 1.84. The van der Waals surface area contributed by atoms with E-state index in [4.69, 9.17) is 11.6 Å². The maximum Gasteiger partial charge on any atom is 0.0767 e. The summed E-state index contributed by atoms with van der Waals surface area (Å²) in [6.45, 7) is 2.00. The molecule has 4 heteroatoms. The molecule has 17 heavy (non-hydrogen) atoms. The zero-order valence-corrected chi connectivity index (χ0v) is 10.1. The van der Waals surface area contributed by atoms with Crippen molar-refractivity contribution in [3.05, 3.63) is 65.1 Å². The van der Waals surface area contributed by atoms with Crippen LogP contribution >= 0.6 is 11.6 Å². The van der Waals surface area contributed by atoms with Gasteiger partial charge in [0.05, 0.1) is 11.4 Å². The molecule has 86 valence electrons. The van der Waals surface area contributed by atoms with Gasteiger partial charge < -0.3 is 0 Å². The van der Waals surface area contributed by atoms with E-state index in [1.54, 1.807) is 0 Å². The lowest BCUT2D eigenvalue weighted by Gasteiger charge is -2.22. The number of aryl methyl sites for hydroxylation is 1. The predicted octanol–water partition coefficient (Wildman–Crippen LogP) is 3.11. The van der Waals surface area contributed by atoms with E-state index in [9.17, 15) is 0 Å². The molecule has 0 saturated heterocycles. The molecule has 3 rings (SSSR count). The van der Waals surface area contributed by atoms with Gasteiger partial charge in [0.2, 0.25) is 0 Å². The van der Waals surface area contributed by atoms with Crippen molar-refractivity contribution < 1.29 is 0 Å². The Morgan fingerprint density at radius 2 is 2.06 bits per heavy atom. The summed E-state index contributed by atoms with van der Waals surface area (Å²) in [5, 5.41) is 4.67. The van der Waals surface area contributed by atoms with Gasteiger partial charge in [-0.15, -0.1) is 5.53 Å². The number of hydrazine groups is 2. The molecule has 0 unspecified atom stereocenters. The summed E-state index contributed by atoms with van der Waals surface area (Å²) >= 11 is 6.13. The second kappa shape index (κ2) is 3.95. The highest BCUT2D eigenvalue weighted by Crippen LogP contribution is 2.26. The quantitative estimate of drug-likeness (QED) is 0.820. The van der Waals surface area contributed by atoms with Crippen LogP contribution in [0.15, 0.2) is 54.5 Å². The number of fused-ring (bicyclic) bond motifs is 1. The van der Waals surface area contributed by atoms with Crippen LogP contribution in [0.5, 0.6) is 0 Å². The highest BCUT2D eigenvalue weighted by Gasteiger charge is 2.19. The number of hydrogen-bond acceptors (Lipinski definition) is 3. The van der Waals surface area contributed by atoms with Crippen LogP contribution in [0.25, 0.3) is 0 Å². The van der Waals surface area contributed by atoms with Crippen LogP contribution < -0.4 is 10.5 Å². The molecule has 0 atom stereocenters. The fourth-order valence-corrected chi connectivity index (χ4v) is 1.97. The third-order valence-corrected chi connectivity index (χ3v) is 3.21. The van der Waals surface area contributed by atoms with E-state index in [0.717, 1.165) is 22.0 Å². The van der Waals surface area contributed by atoms with Gasteiger partial charge in [-0.3, -0.25) is 10.0 Å². The van der Waals surface area contributed by atoms with Gasteiger partial charge in [-0.2, -0.15) is 0 Å². The van der Waals surface area contributed by atoms with Crippen LogP contribution in [-0.4, -0.2) is 5.01 Å². The van der Waals surface area contributed by atoms with Gasteiger partial charge in [-0.25, -0.2) is 0 Å². The lowest BCUT2D eigenvalue weighted by atomic mass is 10.2. The predicted molar refractivity (Wildman–Crippen MR) is 70.0 cm³/mol. The Bertz CT molecular complexity index is 546. The van der Waals surface area contributed by atoms with Crippen molar-refractivity contribution in [3.63, 3.8) is 0 Å². The molecule has 1 aromatic carbocycles. The largest absolute Gasteiger partial charge is 0.265 e. The molecule has 1 N–H and O–H groups in total. The first kappa shape index (κ1) is 10.4. The molecule has 0 aromatic heterocycles. The lowest BCUT2D eigenvalue weighted by molar-refractivity contribution is 0.380. The van der Waals surface area contributed by atoms with Crippen LogP contribution in [-0.2, 0) is 0 Å². The van der Waals surface area contributed by atoms with E-state index in [0.29, 0.717) is 0 Å². The molecular weight excluding hydrogens is 234 g/mol. The second-order valence-electron chi connectivity index (χ2n) is 4.03. The number of nitrogens with one attached hydrogen (secondary N) is 1. The summed E-state index contributed by atoms with van der Waals surface area (Å²) < 4.78 is 0. The van der Waals surface area contributed by atoms with Crippen LogP contribution in [0.3, 0.4) is 0 Å². The lowest BCUT2D eigenvalue weighted by Crippen LogP contribution is -2.37. The summed E-state index contributed by atoms with van der Waals surface area (Å²) in [4.78, 5) is 0. The summed E-state index contributed by atoms with van der Waals surface area (Å²) in [7, 11) is 0. The van der Waals surface area contributed by atoms with Crippen LogP contribution in [0.4, 0.5) is 5.69 Å². The Labute approximate surface area is 105 Å². The highest BCUT2D eigenvalue weighted by molar-refractivity contribution is 6.31. The molecule has 2 aliphatic rings. The van der Waals surface area contributed by atoms with Gasteiger partial charge in [-0.1, -0.05) is 23.7 Å². The summed E-state index contributed by atoms with van der Waals surface area (Å²) in [5.41, 5.74) is 6.44. The molecule has 0 aliphatic carbocycles. The smallest absolute Gasteiger partial charge is 0.0767 e. The molecule has 1 aromatic rings. The minimum absolute atomic E-state index is 0.777. The van der Waals surface area contributed by atoms with E-state index in [2.05, 4.69) is 5.53 Å². The van der Waals surface area contributed by atoms with Crippen LogP contribution in [0.1, 0.15) is 5.56 Å². The topological polar surface area (TPSA) is 18.5 Å². The van der Waals surface area contributed by atoms with E-state index < -0.39 is 0 Å². The summed E-state index contributed by atoms with van der Waals surface area (Å²) in [6, 6.07) is 6.00. The van der Waals surface area contributed by atoms with Gasteiger partial charge in [0.15, 0.2) is 0 Å². The molecule has 0 radical (unpaired) electrons. The number of allylic oxidation sites excluding steroid dienone is 3. The minimum atomic E-state index is 0.777. The zero-order chi connectivity index (χ0) is 11.8. The molecule has 0 fully saturated rings. The molecule has 2 heterocycles. The van der Waals surface area contributed by atoms with Crippen molar-refractivity contribution in [1.29, 1.82) is 0 Å². The number of hydrogen-bond donors (Lipinski definition) is 1. The van der Waals surface area contributed by atoms with E-state index in [1.165, 1.54) is 0 Å². The van der Waals surface area contributed by atoms with E-state index >= 15 is 0 Å². The van der Waals surface area contributed by atoms with Crippen molar-refractivity contribution >= 4 is 17.3 Å². The first-order valence-corrected chi connectivity index (χ1v) is 5.79. The maximum absolute atomic E-state index is 6.13. The average molecular weight is 246 g/mol. The van der Waals surface area contributed by atoms with E-state index in [-0.39, 0.29) is 0 Å². The Balaban J connectivity index is 1.92. The number of halogens is 1. The maximum atomic E-state index is 6.13. The van der Waals surface area contributed by atoms with Gasteiger partial charge in [0, 0.05) is 17.4 Å². The molecule has 2 aliphatic heterocycles. The average Bonchev–Trinajstić information content (AvgIpc) is 2.76. The van der Waals surface area contributed by atoms with E-state index in [1.807, 2.05) is 65.8 Å². The minimum Gasteiger partial charge on any atom is -0.265 e. The molecule has 0 saturated carbocycles. The van der Waals surface area contributed by atoms with Crippen LogP contribution in [0, 0.1) is 6.92 Å². The molecule has 0 spiro atoms.